The summed E-state index contributed by atoms with van der Waals surface area (Å²) in [6.07, 6.45) is 1.95. The molecule has 1 aliphatic rings. The number of nitrogens with zero attached hydrogens (tertiary/aromatic N) is 2. The molecule has 3 aromatic rings. The van der Waals surface area contributed by atoms with E-state index in [0.717, 1.165) is 18.6 Å². The molecule has 2 heterocycles. The topological polar surface area (TPSA) is 31.9 Å². The number of H-pyrrole nitrogens is 1. The van der Waals surface area contributed by atoms with E-state index in [9.17, 15) is 0 Å². The average Bonchev–Trinajstić information content (AvgIpc) is 2.94. The quantitative estimate of drug-likeness (QED) is 0.731. The van der Waals surface area contributed by atoms with E-state index in [2.05, 4.69) is 64.6 Å². The Kier molecular flexibility index (Phi) is 2.60. The zero-order valence-corrected chi connectivity index (χ0v) is 11.5. The highest BCUT2D eigenvalue weighted by molar-refractivity contribution is 5.82. The van der Waals surface area contributed by atoms with Crippen LogP contribution in [0.15, 0.2) is 48.7 Å². The fourth-order valence-electron chi connectivity index (χ4n) is 3.34. The Balaban J connectivity index is 1.92. The molecule has 1 aromatic heterocycles. The lowest BCUT2D eigenvalue weighted by Crippen LogP contribution is -2.30. The fourth-order valence-corrected chi connectivity index (χ4v) is 3.34. The van der Waals surface area contributed by atoms with Gasteiger partial charge in [0, 0.05) is 24.4 Å². The van der Waals surface area contributed by atoms with Gasteiger partial charge in [0.1, 0.15) is 0 Å². The van der Waals surface area contributed by atoms with Gasteiger partial charge in [-0.3, -0.25) is 5.10 Å². The first-order valence-corrected chi connectivity index (χ1v) is 7.01. The summed E-state index contributed by atoms with van der Waals surface area (Å²) >= 11 is 0. The van der Waals surface area contributed by atoms with E-state index < -0.39 is 0 Å². The standard InChI is InChI=1S/C17H17N3/c1-20-10-12-5-2-3-6-13(12)16(11-20)14-7-4-8-17-15(14)9-18-19-17/h2-9,16H,10-11H2,1H3,(H,18,19). The Morgan fingerprint density at radius 1 is 1.10 bits per heavy atom. The van der Waals surface area contributed by atoms with Crippen LogP contribution in [0.25, 0.3) is 10.9 Å². The highest BCUT2D eigenvalue weighted by Crippen LogP contribution is 2.35. The van der Waals surface area contributed by atoms with Gasteiger partial charge in [-0.15, -0.1) is 0 Å². The number of fused-ring (bicyclic) bond motifs is 2. The predicted octanol–water partition coefficient (Wildman–Crippen LogP) is 3.14. The second-order valence-corrected chi connectivity index (χ2v) is 5.63. The molecule has 1 aliphatic heterocycles. The van der Waals surface area contributed by atoms with Crippen LogP contribution >= 0.6 is 0 Å². The molecule has 0 amide bonds. The Morgan fingerprint density at radius 2 is 1.95 bits per heavy atom. The van der Waals surface area contributed by atoms with E-state index in [1.807, 2.05) is 6.20 Å². The van der Waals surface area contributed by atoms with Crippen molar-refractivity contribution >= 4 is 10.9 Å². The van der Waals surface area contributed by atoms with Gasteiger partial charge in [-0.1, -0.05) is 36.4 Å². The lowest BCUT2D eigenvalue weighted by molar-refractivity contribution is 0.296. The van der Waals surface area contributed by atoms with Gasteiger partial charge < -0.3 is 4.90 Å². The average molecular weight is 263 g/mol. The van der Waals surface area contributed by atoms with E-state index in [1.54, 1.807) is 0 Å². The summed E-state index contributed by atoms with van der Waals surface area (Å²) in [4.78, 5) is 2.39. The highest BCUT2D eigenvalue weighted by atomic mass is 15.1. The lowest BCUT2D eigenvalue weighted by Gasteiger charge is -2.32. The van der Waals surface area contributed by atoms with Gasteiger partial charge in [0.2, 0.25) is 0 Å². The zero-order chi connectivity index (χ0) is 13.5. The monoisotopic (exact) mass is 263 g/mol. The van der Waals surface area contributed by atoms with Crippen LogP contribution in [0, 0.1) is 0 Å². The van der Waals surface area contributed by atoms with E-state index in [4.69, 9.17) is 0 Å². The van der Waals surface area contributed by atoms with Crippen LogP contribution in [0.4, 0.5) is 0 Å². The first kappa shape index (κ1) is 11.7. The molecule has 0 fully saturated rings. The number of rotatable bonds is 1. The Bertz CT molecular complexity index is 760. The second-order valence-electron chi connectivity index (χ2n) is 5.63. The molecule has 20 heavy (non-hydrogen) atoms. The molecule has 0 bridgehead atoms. The molecular weight excluding hydrogens is 246 g/mol. The van der Waals surface area contributed by atoms with Crippen LogP contribution in [-0.2, 0) is 6.54 Å². The van der Waals surface area contributed by atoms with E-state index >= 15 is 0 Å². The number of nitrogens with one attached hydrogen (secondary N) is 1. The van der Waals surface area contributed by atoms with Gasteiger partial charge in [-0.25, -0.2) is 0 Å². The molecule has 1 unspecified atom stereocenters. The van der Waals surface area contributed by atoms with Crippen molar-refractivity contribution in [1.29, 1.82) is 0 Å². The van der Waals surface area contributed by atoms with Gasteiger partial charge >= 0.3 is 0 Å². The van der Waals surface area contributed by atoms with Crippen molar-refractivity contribution in [1.82, 2.24) is 15.1 Å². The van der Waals surface area contributed by atoms with Crippen LogP contribution in [0.1, 0.15) is 22.6 Å². The third-order valence-corrected chi connectivity index (χ3v) is 4.26. The van der Waals surface area contributed by atoms with Crippen molar-refractivity contribution in [2.75, 3.05) is 13.6 Å². The normalized spacial score (nSPS) is 19.1. The van der Waals surface area contributed by atoms with Crippen LogP contribution < -0.4 is 0 Å². The van der Waals surface area contributed by atoms with Crippen LogP contribution in [0.3, 0.4) is 0 Å². The Hall–Kier alpha value is -2.13. The van der Waals surface area contributed by atoms with Crippen LogP contribution in [0.2, 0.25) is 0 Å². The first-order valence-electron chi connectivity index (χ1n) is 7.01. The number of aromatic amines is 1. The second kappa shape index (κ2) is 4.46. The SMILES string of the molecule is CN1Cc2ccccc2C(c2cccc3[nH]ncc23)C1. The maximum Gasteiger partial charge on any atom is 0.0653 e. The maximum absolute atomic E-state index is 4.19. The van der Waals surface area contributed by atoms with Crippen LogP contribution in [0.5, 0.6) is 0 Å². The van der Waals surface area contributed by atoms with Gasteiger partial charge in [-0.2, -0.15) is 5.10 Å². The van der Waals surface area contributed by atoms with E-state index in [-0.39, 0.29) is 0 Å². The largest absolute Gasteiger partial charge is 0.301 e. The predicted molar refractivity (Wildman–Crippen MR) is 80.7 cm³/mol. The summed E-state index contributed by atoms with van der Waals surface area (Å²) in [5.41, 5.74) is 5.38. The minimum absolute atomic E-state index is 0.422. The zero-order valence-electron chi connectivity index (χ0n) is 11.5. The number of hydrogen-bond acceptors (Lipinski definition) is 2. The van der Waals surface area contributed by atoms with Gasteiger partial charge in [0.05, 0.1) is 11.7 Å². The molecule has 0 saturated carbocycles. The summed E-state index contributed by atoms with van der Waals surface area (Å²) in [6.45, 7) is 2.09. The minimum Gasteiger partial charge on any atom is -0.301 e. The van der Waals surface area contributed by atoms with E-state index in [0.29, 0.717) is 5.92 Å². The lowest BCUT2D eigenvalue weighted by atomic mass is 9.83. The van der Waals surface area contributed by atoms with Gasteiger partial charge in [0.15, 0.2) is 0 Å². The number of likely N-dealkylation sites (N-methyl/N-ethyl adjacent to an activating group) is 1. The highest BCUT2D eigenvalue weighted by Gasteiger charge is 2.25. The summed E-state index contributed by atoms with van der Waals surface area (Å²) in [6, 6.07) is 15.2. The Labute approximate surface area is 118 Å². The van der Waals surface area contributed by atoms with Crippen molar-refractivity contribution in [2.45, 2.75) is 12.5 Å². The smallest absolute Gasteiger partial charge is 0.0653 e. The van der Waals surface area contributed by atoms with Crippen molar-refractivity contribution in [2.24, 2.45) is 0 Å². The third kappa shape index (κ3) is 1.74. The molecule has 0 saturated heterocycles. The molecular formula is C17H17N3. The van der Waals surface area contributed by atoms with Crippen molar-refractivity contribution in [3.63, 3.8) is 0 Å². The molecule has 1 N–H and O–H groups in total. The Morgan fingerprint density at radius 3 is 2.90 bits per heavy atom. The summed E-state index contributed by atoms with van der Waals surface area (Å²) in [5.74, 6) is 0.422. The number of aromatic nitrogens is 2. The minimum atomic E-state index is 0.422. The molecule has 3 nitrogen and oxygen atoms in total. The van der Waals surface area contributed by atoms with Gasteiger partial charge in [-0.05, 0) is 29.8 Å². The van der Waals surface area contributed by atoms with Crippen molar-refractivity contribution < 1.29 is 0 Å². The van der Waals surface area contributed by atoms with Crippen LogP contribution in [-0.4, -0.2) is 28.7 Å². The molecule has 0 spiro atoms. The summed E-state index contributed by atoms with van der Waals surface area (Å²) in [7, 11) is 2.19. The fraction of sp³-hybridized carbons (Fsp3) is 0.235. The van der Waals surface area contributed by atoms with Crippen molar-refractivity contribution in [3.8, 4) is 0 Å². The molecule has 3 heteroatoms. The molecule has 0 radical (unpaired) electrons. The first-order chi connectivity index (χ1) is 9.83. The van der Waals surface area contributed by atoms with Crippen molar-refractivity contribution in [3.05, 3.63) is 65.4 Å². The maximum atomic E-state index is 4.19. The molecule has 0 aliphatic carbocycles. The third-order valence-electron chi connectivity index (χ3n) is 4.26. The number of hydrogen-bond donors (Lipinski definition) is 1. The summed E-state index contributed by atoms with van der Waals surface area (Å²) < 4.78 is 0. The summed E-state index contributed by atoms with van der Waals surface area (Å²) in [5, 5.41) is 8.50. The molecule has 1 atom stereocenters. The molecule has 4 rings (SSSR count). The molecule has 100 valence electrons. The van der Waals surface area contributed by atoms with Gasteiger partial charge in [0.25, 0.3) is 0 Å². The number of benzene rings is 2. The molecule has 2 aromatic carbocycles. The van der Waals surface area contributed by atoms with E-state index in [1.165, 1.54) is 22.1 Å².